The Kier molecular flexibility index (Phi) is 5.03. The van der Waals surface area contributed by atoms with Gasteiger partial charge in [-0.15, -0.1) is 0 Å². The Hall–Kier alpha value is -2.41. The molecular weight excluding hydrogens is 322 g/mol. The van der Waals surface area contributed by atoms with Gasteiger partial charge in [0.15, 0.2) is 0 Å². The molecule has 0 spiro atoms. The van der Waals surface area contributed by atoms with Crippen LogP contribution in [0, 0.1) is 0 Å². The van der Waals surface area contributed by atoms with Crippen molar-refractivity contribution in [2.45, 2.75) is 31.3 Å². The van der Waals surface area contributed by atoms with Crippen molar-refractivity contribution < 1.29 is 19.5 Å². The van der Waals surface area contributed by atoms with E-state index in [4.69, 9.17) is 0 Å². The molecule has 1 aromatic carbocycles. The molecule has 2 heterocycles. The van der Waals surface area contributed by atoms with Crippen molar-refractivity contribution in [3.05, 3.63) is 30.3 Å². The quantitative estimate of drug-likeness (QED) is 0.573. The van der Waals surface area contributed by atoms with Crippen LogP contribution in [0.3, 0.4) is 0 Å². The summed E-state index contributed by atoms with van der Waals surface area (Å²) >= 11 is 0. The van der Waals surface area contributed by atoms with Crippen molar-refractivity contribution in [1.82, 2.24) is 10.2 Å². The summed E-state index contributed by atoms with van der Waals surface area (Å²) in [5.41, 5.74) is -1.34. The molecule has 7 heteroatoms. The molecule has 2 N–H and O–H groups in total. The van der Waals surface area contributed by atoms with Gasteiger partial charge in [-0.3, -0.25) is 14.4 Å². The first-order valence-corrected chi connectivity index (χ1v) is 8.68. The summed E-state index contributed by atoms with van der Waals surface area (Å²) in [6.45, 7) is 1.97. The van der Waals surface area contributed by atoms with Gasteiger partial charge in [0.2, 0.25) is 11.5 Å². The molecule has 2 aliphatic heterocycles. The van der Waals surface area contributed by atoms with E-state index >= 15 is 0 Å². The van der Waals surface area contributed by atoms with E-state index in [0.717, 1.165) is 13.0 Å². The third-order valence-corrected chi connectivity index (χ3v) is 4.80. The molecule has 0 unspecified atom stereocenters. The smallest absolute Gasteiger partial charge is 0.268 e. The second-order valence-corrected chi connectivity index (χ2v) is 6.50. The zero-order valence-corrected chi connectivity index (χ0v) is 14.1. The molecule has 0 aromatic heterocycles. The number of nitrogens with zero attached hydrogens (tertiary/aromatic N) is 2. The highest BCUT2D eigenvalue weighted by molar-refractivity contribution is 6.16. The summed E-state index contributed by atoms with van der Waals surface area (Å²) in [5, 5.41) is 13.2. The Balaban J connectivity index is 1.51. The molecule has 7 nitrogen and oxygen atoms in total. The maximum absolute atomic E-state index is 12.5. The maximum atomic E-state index is 12.5. The minimum Gasteiger partial charge on any atom is -0.372 e. The van der Waals surface area contributed by atoms with E-state index in [9.17, 15) is 19.5 Å². The van der Waals surface area contributed by atoms with E-state index in [1.165, 1.54) is 4.90 Å². The maximum Gasteiger partial charge on any atom is 0.268 e. The van der Waals surface area contributed by atoms with Crippen LogP contribution in [0.15, 0.2) is 30.3 Å². The molecule has 134 valence electrons. The van der Waals surface area contributed by atoms with Crippen molar-refractivity contribution in [2.24, 2.45) is 0 Å². The lowest BCUT2D eigenvalue weighted by Gasteiger charge is -2.22. The van der Waals surface area contributed by atoms with Crippen LogP contribution in [-0.2, 0) is 14.4 Å². The van der Waals surface area contributed by atoms with E-state index < -0.39 is 17.4 Å². The van der Waals surface area contributed by atoms with Crippen LogP contribution >= 0.6 is 0 Å². The van der Waals surface area contributed by atoms with E-state index in [0.29, 0.717) is 38.2 Å². The van der Waals surface area contributed by atoms with Gasteiger partial charge in [-0.05, 0) is 25.0 Å². The van der Waals surface area contributed by atoms with Crippen LogP contribution in [0.25, 0.3) is 0 Å². The Morgan fingerprint density at radius 3 is 2.64 bits per heavy atom. The Morgan fingerprint density at radius 2 is 1.96 bits per heavy atom. The Labute approximate surface area is 146 Å². The number of para-hydroxylation sites is 1. The van der Waals surface area contributed by atoms with Gasteiger partial charge in [-0.25, -0.2) is 0 Å². The van der Waals surface area contributed by atoms with Gasteiger partial charge >= 0.3 is 0 Å². The summed E-state index contributed by atoms with van der Waals surface area (Å²) in [5.74, 6) is -1.11. The van der Waals surface area contributed by atoms with E-state index in [1.807, 2.05) is 6.07 Å². The van der Waals surface area contributed by atoms with Gasteiger partial charge in [0, 0.05) is 44.7 Å². The van der Waals surface area contributed by atoms with Crippen molar-refractivity contribution in [1.29, 1.82) is 0 Å². The number of carbonyl (C=O) groups is 3. The lowest BCUT2D eigenvalue weighted by atomic mass is 10.0. The van der Waals surface area contributed by atoms with E-state index in [1.54, 1.807) is 29.2 Å². The highest BCUT2D eigenvalue weighted by atomic mass is 16.3. The van der Waals surface area contributed by atoms with E-state index in [-0.39, 0.29) is 12.3 Å². The zero-order chi connectivity index (χ0) is 17.9. The summed E-state index contributed by atoms with van der Waals surface area (Å²) in [6.07, 6.45) is 2.14. The topological polar surface area (TPSA) is 89.9 Å². The summed E-state index contributed by atoms with van der Waals surface area (Å²) in [4.78, 5) is 39.6. The summed E-state index contributed by atoms with van der Waals surface area (Å²) < 4.78 is 0. The molecule has 2 fully saturated rings. The number of benzene rings is 1. The molecule has 3 rings (SSSR count). The largest absolute Gasteiger partial charge is 0.372 e. The number of anilines is 1. The van der Waals surface area contributed by atoms with Crippen LogP contribution in [0.1, 0.15) is 25.7 Å². The SMILES string of the molecule is O=C1CCCN1CCCNC(=O)[C@@]1(O)CCN(c2ccccc2)C1=O. The monoisotopic (exact) mass is 345 g/mol. The molecule has 25 heavy (non-hydrogen) atoms. The molecule has 0 radical (unpaired) electrons. The minimum absolute atomic E-state index is 0.0666. The molecule has 1 atom stereocenters. The third-order valence-electron chi connectivity index (χ3n) is 4.80. The number of carbonyl (C=O) groups excluding carboxylic acids is 3. The number of nitrogens with one attached hydrogen (secondary N) is 1. The fraction of sp³-hybridized carbons (Fsp3) is 0.500. The summed E-state index contributed by atoms with van der Waals surface area (Å²) in [6, 6.07) is 9.00. The van der Waals surface area contributed by atoms with Crippen LogP contribution in [0.4, 0.5) is 5.69 Å². The van der Waals surface area contributed by atoms with Crippen molar-refractivity contribution in [3.8, 4) is 0 Å². The number of amides is 3. The number of rotatable bonds is 6. The molecule has 0 saturated carbocycles. The molecule has 2 saturated heterocycles. The van der Waals surface area contributed by atoms with E-state index in [2.05, 4.69) is 5.32 Å². The van der Waals surface area contributed by atoms with Crippen LogP contribution in [-0.4, -0.2) is 59.5 Å². The fourth-order valence-corrected chi connectivity index (χ4v) is 3.33. The van der Waals surface area contributed by atoms with Crippen LogP contribution < -0.4 is 10.2 Å². The number of aliphatic hydroxyl groups is 1. The van der Waals surface area contributed by atoms with Gasteiger partial charge in [0.25, 0.3) is 11.8 Å². The normalized spacial score (nSPS) is 23.4. The zero-order valence-electron chi connectivity index (χ0n) is 14.1. The average molecular weight is 345 g/mol. The molecule has 2 aliphatic rings. The second kappa shape index (κ2) is 7.23. The third kappa shape index (κ3) is 3.51. The molecule has 1 aromatic rings. The number of likely N-dealkylation sites (tertiary alicyclic amines) is 1. The van der Waals surface area contributed by atoms with Crippen molar-refractivity contribution in [3.63, 3.8) is 0 Å². The predicted molar refractivity (Wildman–Crippen MR) is 91.8 cm³/mol. The fourth-order valence-electron chi connectivity index (χ4n) is 3.33. The highest BCUT2D eigenvalue weighted by Gasteiger charge is 2.51. The highest BCUT2D eigenvalue weighted by Crippen LogP contribution is 2.28. The first-order valence-electron chi connectivity index (χ1n) is 8.68. The van der Waals surface area contributed by atoms with Crippen molar-refractivity contribution in [2.75, 3.05) is 31.1 Å². The standard InChI is InChI=1S/C18H23N3O4/c22-15-8-4-11-20(15)12-5-10-19-16(23)18(25)9-13-21(17(18)24)14-6-2-1-3-7-14/h1-3,6-7,25H,4-5,8-13H2,(H,19,23)/t18-/m0/s1. The lowest BCUT2D eigenvalue weighted by molar-refractivity contribution is -0.149. The van der Waals surface area contributed by atoms with Crippen LogP contribution in [0.5, 0.6) is 0 Å². The molecular formula is C18H23N3O4. The van der Waals surface area contributed by atoms with Gasteiger partial charge < -0.3 is 20.2 Å². The average Bonchev–Trinajstić information content (AvgIpc) is 3.17. The second-order valence-electron chi connectivity index (χ2n) is 6.50. The minimum atomic E-state index is -2.01. The Bertz CT molecular complexity index is 664. The van der Waals surface area contributed by atoms with Crippen LogP contribution in [0.2, 0.25) is 0 Å². The molecule has 0 aliphatic carbocycles. The Morgan fingerprint density at radius 1 is 1.20 bits per heavy atom. The van der Waals surface area contributed by atoms with Gasteiger partial charge in [0.1, 0.15) is 0 Å². The summed E-state index contributed by atoms with van der Waals surface area (Å²) in [7, 11) is 0. The first kappa shape index (κ1) is 17.4. The van der Waals surface area contributed by atoms with Crippen molar-refractivity contribution >= 4 is 23.4 Å². The first-order chi connectivity index (χ1) is 12.0. The molecule has 3 amide bonds. The number of hydrogen-bond acceptors (Lipinski definition) is 4. The number of hydrogen-bond donors (Lipinski definition) is 2. The molecule has 0 bridgehead atoms. The van der Waals surface area contributed by atoms with Gasteiger partial charge in [-0.2, -0.15) is 0 Å². The van der Waals surface area contributed by atoms with Gasteiger partial charge in [0.05, 0.1) is 0 Å². The van der Waals surface area contributed by atoms with Gasteiger partial charge in [-0.1, -0.05) is 18.2 Å². The lowest BCUT2D eigenvalue weighted by Crippen LogP contribution is -2.52. The predicted octanol–water partition coefficient (Wildman–Crippen LogP) is 0.283.